The number of hydrogen-bond donors (Lipinski definition) is 1. The molecule has 0 aliphatic carbocycles. The quantitative estimate of drug-likeness (QED) is 0.556. The number of pyridine rings is 1. The van der Waals surface area contributed by atoms with Crippen LogP contribution < -0.4 is 0 Å². The minimum atomic E-state index is -1.47. The number of carboxylic acid groups (broad SMARTS) is 1. The molecule has 2 aromatic rings. The van der Waals surface area contributed by atoms with Crippen LogP contribution in [0.2, 0.25) is 0 Å². The van der Waals surface area contributed by atoms with Crippen molar-refractivity contribution in [2.24, 2.45) is 0 Å². The summed E-state index contributed by atoms with van der Waals surface area (Å²) >= 11 is 0. The van der Waals surface area contributed by atoms with E-state index in [0.29, 0.717) is 5.65 Å². The number of rotatable bonds is 2. The molecule has 0 saturated heterocycles. The number of Topliss-reactive ketones (excluding diaryl/α,β-unsaturated/α-hetero) is 1. The van der Waals surface area contributed by atoms with E-state index in [1.54, 1.807) is 18.3 Å². The van der Waals surface area contributed by atoms with E-state index in [1.165, 1.54) is 16.7 Å². The molecule has 0 fully saturated rings. The van der Waals surface area contributed by atoms with Crippen molar-refractivity contribution in [3.63, 3.8) is 0 Å². The van der Waals surface area contributed by atoms with Crippen molar-refractivity contribution in [3.8, 4) is 0 Å². The SMILES string of the molecule is O=C(O)C(=O)c1cccc2nccn12. The largest absolute Gasteiger partial charge is 0.475 e. The van der Waals surface area contributed by atoms with Gasteiger partial charge in [-0.25, -0.2) is 9.78 Å². The maximum absolute atomic E-state index is 11.2. The molecule has 0 atom stereocenters. The summed E-state index contributed by atoms with van der Waals surface area (Å²) in [7, 11) is 0. The Morgan fingerprint density at radius 3 is 2.86 bits per heavy atom. The molecule has 0 spiro atoms. The highest BCUT2D eigenvalue weighted by atomic mass is 16.4. The smallest absolute Gasteiger partial charge is 0.378 e. The average Bonchev–Trinajstić information content (AvgIpc) is 2.63. The Morgan fingerprint density at radius 2 is 2.14 bits per heavy atom. The minimum absolute atomic E-state index is 0.104. The van der Waals surface area contributed by atoms with Crippen LogP contribution in [0.25, 0.3) is 5.65 Å². The van der Waals surface area contributed by atoms with Crippen molar-refractivity contribution in [2.45, 2.75) is 0 Å². The fourth-order valence-corrected chi connectivity index (χ4v) is 1.24. The lowest BCUT2D eigenvalue weighted by atomic mass is 10.2. The molecule has 0 aliphatic heterocycles. The first-order valence-electron chi connectivity index (χ1n) is 3.90. The highest BCUT2D eigenvalue weighted by Gasteiger charge is 2.17. The van der Waals surface area contributed by atoms with Crippen LogP contribution in [-0.4, -0.2) is 26.2 Å². The number of carboxylic acids is 1. The van der Waals surface area contributed by atoms with Crippen LogP contribution >= 0.6 is 0 Å². The fourth-order valence-electron chi connectivity index (χ4n) is 1.24. The summed E-state index contributed by atoms with van der Waals surface area (Å²) in [5.41, 5.74) is 0.657. The van der Waals surface area contributed by atoms with Gasteiger partial charge in [-0.1, -0.05) is 6.07 Å². The van der Waals surface area contributed by atoms with Gasteiger partial charge in [0.25, 0.3) is 5.78 Å². The van der Waals surface area contributed by atoms with Crippen LogP contribution in [0.5, 0.6) is 0 Å². The van der Waals surface area contributed by atoms with Crippen LogP contribution in [0, 0.1) is 0 Å². The summed E-state index contributed by atoms with van der Waals surface area (Å²) in [6.07, 6.45) is 3.06. The molecule has 2 aromatic heterocycles. The number of carbonyl (C=O) groups is 2. The minimum Gasteiger partial charge on any atom is -0.475 e. The van der Waals surface area contributed by atoms with Crippen molar-refractivity contribution < 1.29 is 14.7 Å². The zero-order valence-electron chi connectivity index (χ0n) is 7.04. The molecule has 0 aromatic carbocycles. The summed E-state index contributed by atoms with van der Waals surface area (Å²) in [4.78, 5) is 25.6. The summed E-state index contributed by atoms with van der Waals surface area (Å²) in [5, 5.41) is 8.55. The first kappa shape index (κ1) is 8.43. The van der Waals surface area contributed by atoms with E-state index < -0.39 is 11.8 Å². The van der Waals surface area contributed by atoms with E-state index in [0.717, 1.165) is 0 Å². The number of fused-ring (bicyclic) bond motifs is 1. The van der Waals surface area contributed by atoms with Gasteiger partial charge in [-0.3, -0.25) is 9.20 Å². The second-order valence-corrected chi connectivity index (χ2v) is 2.70. The van der Waals surface area contributed by atoms with Crippen LogP contribution in [0.4, 0.5) is 0 Å². The van der Waals surface area contributed by atoms with E-state index in [1.807, 2.05) is 0 Å². The van der Waals surface area contributed by atoms with Gasteiger partial charge in [0, 0.05) is 12.4 Å². The van der Waals surface area contributed by atoms with Gasteiger partial charge in [-0.05, 0) is 12.1 Å². The van der Waals surface area contributed by atoms with Crippen LogP contribution in [0.1, 0.15) is 10.5 Å². The Morgan fingerprint density at radius 1 is 1.36 bits per heavy atom. The first-order valence-corrected chi connectivity index (χ1v) is 3.90. The molecule has 0 radical (unpaired) electrons. The van der Waals surface area contributed by atoms with Gasteiger partial charge < -0.3 is 5.11 Å². The predicted octanol–water partition coefficient (Wildman–Crippen LogP) is 0.602. The second-order valence-electron chi connectivity index (χ2n) is 2.70. The van der Waals surface area contributed by atoms with Crippen molar-refractivity contribution in [2.75, 3.05) is 0 Å². The molecule has 5 nitrogen and oxygen atoms in total. The Labute approximate surface area is 78.6 Å². The lowest BCUT2D eigenvalue weighted by molar-refractivity contribution is -0.131. The number of aliphatic carboxylic acids is 1. The van der Waals surface area contributed by atoms with Gasteiger partial charge in [-0.15, -0.1) is 0 Å². The van der Waals surface area contributed by atoms with E-state index in [2.05, 4.69) is 4.98 Å². The summed E-state index contributed by atoms with van der Waals surface area (Å²) in [5.74, 6) is -2.40. The highest BCUT2D eigenvalue weighted by Crippen LogP contribution is 2.06. The van der Waals surface area contributed by atoms with Crippen LogP contribution in [-0.2, 0) is 4.79 Å². The molecule has 70 valence electrons. The highest BCUT2D eigenvalue weighted by molar-refractivity contribution is 6.39. The Bertz CT molecular complexity index is 516. The monoisotopic (exact) mass is 190 g/mol. The van der Waals surface area contributed by atoms with E-state index in [9.17, 15) is 9.59 Å². The molecular weight excluding hydrogens is 184 g/mol. The number of carbonyl (C=O) groups excluding carboxylic acids is 1. The Hall–Kier alpha value is -2.17. The molecule has 0 bridgehead atoms. The number of aromatic nitrogens is 2. The van der Waals surface area contributed by atoms with E-state index >= 15 is 0 Å². The Balaban J connectivity index is 2.67. The standard InChI is InChI=1S/C9H6N2O3/c12-8(9(13)14)6-2-1-3-7-10-4-5-11(6)7/h1-5H,(H,13,14). The zero-order valence-corrected chi connectivity index (χ0v) is 7.04. The molecule has 2 heterocycles. The molecule has 14 heavy (non-hydrogen) atoms. The van der Waals surface area contributed by atoms with Gasteiger partial charge in [0.2, 0.25) is 0 Å². The lowest BCUT2D eigenvalue weighted by Gasteiger charge is -1.99. The molecule has 0 unspecified atom stereocenters. The predicted molar refractivity (Wildman–Crippen MR) is 47.2 cm³/mol. The number of ketones is 1. The maximum Gasteiger partial charge on any atom is 0.378 e. The number of imidazole rings is 1. The third-order valence-corrected chi connectivity index (χ3v) is 1.86. The van der Waals surface area contributed by atoms with Gasteiger partial charge >= 0.3 is 5.97 Å². The molecule has 0 saturated carbocycles. The zero-order chi connectivity index (χ0) is 10.1. The fraction of sp³-hybridized carbons (Fsp3) is 0. The molecule has 0 aliphatic rings. The van der Waals surface area contributed by atoms with Crippen LogP contribution in [0.3, 0.4) is 0 Å². The Kier molecular flexibility index (Phi) is 1.78. The van der Waals surface area contributed by atoms with Crippen molar-refractivity contribution in [1.82, 2.24) is 9.38 Å². The van der Waals surface area contributed by atoms with Gasteiger partial charge in [-0.2, -0.15) is 0 Å². The molecule has 1 N–H and O–H groups in total. The third-order valence-electron chi connectivity index (χ3n) is 1.86. The average molecular weight is 190 g/mol. The lowest BCUT2D eigenvalue weighted by Crippen LogP contribution is -2.15. The molecule has 0 amide bonds. The van der Waals surface area contributed by atoms with Gasteiger partial charge in [0.1, 0.15) is 11.3 Å². The van der Waals surface area contributed by atoms with Crippen molar-refractivity contribution in [3.05, 3.63) is 36.3 Å². The maximum atomic E-state index is 11.2. The topological polar surface area (TPSA) is 71.7 Å². The summed E-state index contributed by atoms with van der Waals surface area (Å²) < 4.78 is 1.44. The second kappa shape index (κ2) is 2.95. The van der Waals surface area contributed by atoms with Crippen molar-refractivity contribution in [1.29, 1.82) is 0 Å². The van der Waals surface area contributed by atoms with E-state index in [-0.39, 0.29) is 5.69 Å². The number of hydrogen-bond acceptors (Lipinski definition) is 3. The number of nitrogens with zero attached hydrogens (tertiary/aromatic N) is 2. The molecular formula is C9H6N2O3. The van der Waals surface area contributed by atoms with Crippen molar-refractivity contribution >= 4 is 17.4 Å². The summed E-state index contributed by atoms with van der Waals surface area (Å²) in [6, 6.07) is 4.74. The normalized spacial score (nSPS) is 10.3. The van der Waals surface area contributed by atoms with Crippen LogP contribution in [0.15, 0.2) is 30.6 Å². The molecule has 2 rings (SSSR count). The van der Waals surface area contributed by atoms with E-state index in [4.69, 9.17) is 5.11 Å². The third kappa shape index (κ3) is 1.15. The first-order chi connectivity index (χ1) is 6.70. The van der Waals surface area contributed by atoms with Gasteiger partial charge in [0.15, 0.2) is 0 Å². The summed E-state index contributed by atoms with van der Waals surface area (Å²) in [6.45, 7) is 0. The molecule has 5 heteroatoms. The van der Waals surface area contributed by atoms with Gasteiger partial charge in [0.05, 0.1) is 0 Å².